The van der Waals surface area contributed by atoms with Gasteiger partial charge in [-0.15, -0.1) is 0 Å². The third-order valence-electron chi connectivity index (χ3n) is 3.87. The molecule has 0 aromatic heterocycles. The van der Waals surface area contributed by atoms with Gasteiger partial charge in [0.25, 0.3) is 5.91 Å². The van der Waals surface area contributed by atoms with E-state index in [9.17, 15) is 9.18 Å². The van der Waals surface area contributed by atoms with E-state index in [2.05, 4.69) is 0 Å². The maximum absolute atomic E-state index is 13.9. The standard InChI is InChI=1S/C18H19ClFNO/c1-4-21(3)18(22)16-11-15(20)10-14(12(16)2)9-13-7-5-6-8-17(13)19/h5-8,10-11H,4,9H2,1-3H3. The lowest BCUT2D eigenvalue weighted by Gasteiger charge is -2.18. The van der Waals surface area contributed by atoms with Crippen LogP contribution in [0.2, 0.25) is 5.02 Å². The van der Waals surface area contributed by atoms with E-state index in [1.54, 1.807) is 11.9 Å². The van der Waals surface area contributed by atoms with Crippen LogP contribution in [0.4, 0.5) is 4.39 Å². The number of hydrogen-bond donors (Lipinski definition) is 0. The summed E-state index contributed by atoms with van der Waals surface area (Å²) in [5.74, 6) is -0.569. The van der Waals surface area contributed by atoms with Crippen molar-refractivity contribution in [3.63, 3.8) is 0 Å². The number of hydrogen-bond acceptors (Lipinski definition) is 1. The molecule has 2 rings (SSSR count). The van der Waals surface area contributed by atoms with Crippen molar-refractivity contribution in [3.05, 3.63) is 69.5 Å². The Hall–Kier alpha value is -1.87. The number of carbonyl (C=O) groups excluding carboxylic acids is 1. The molecule has 4 heteroatoms. The fraction of sp³-hybridized carbons (Fsp3) is 0.278. The maximum atomic E-state index is 13.9. The van der Waals surface area contributed by atoms with Crippen molar-refractivity contribution in [1.82, 2.24) is 4.90 Å². The number of carbonyl (C=O) groups is 1. The summed E-state index contributed by atoms with van der Waals surface area (Å²) in [6, 6.07) is 10.2. The van der Waals surface area contributed by atoms with Gasteiger partial charge in [0.05, 0.1) is 0 Å². The fourth-order valence-electron chi connectivity index (χ4n) is 2.34. The molecule has 0 atom stereocenters. The summed E-state index contributed by atoms with van der Waals surface area (Å²) < 4.78 is 13.9. The van der Waals surface area contributed by atoms with E-state index in [4.69, 9.17) is 11.6 Å². The van der Waals surface area contributed by atoms with Crippen molar-refractivity contribution in [3.8, 4) is 0 Å². The van der Waals surface area contributed by atoms with E-state index < -0.39 is 5.82 Å². The number of halogens is 2. The molecule has 116 valence electrons. The van der Waals surface area contributed by atoms with Crippen LogP contribution in [0.25, 0.3) is 0 Å². The predicted molar refractivity (Wildman–Crippen MR) is 88.0 cm³/mol. The molecule has 0 aliphatic carbocycles. The molecule has 22 heavy (non-hydrogen) atoms. The van der Waals surface area contributed by atoms with Crippen LogP contribution in [-0.4, -0.2) is 24.4 Å². The molecule has 0 spiro atoms. The first kappa shape index (κ1) is 16.5. The number of amides is 1. The lowest BCUT2D eigenvalue weighted by molar-refractivity contribution is 0.0801. The quantitative estimate of drug-likeness (QED) is 0.814. The van der Waals surface area contributed by atoms with Crippen LogP contribution in [0.15, 0.2) is 36.4 Å². The minimum absolute atomic E-state index is 0.167. The zero-order valence-corrected chi connectivity index (χ0v) is 13.7. The highest BCUT2D eigenvalue weighted by Gasteiger charge is 2.17. The van der Waals surface area contributed by atoms with Crippen molar-refractivity contribution in [2.75, 3.05) is 13.6 Å². The molecule has 2 aromatic carbocycles. The smallest absolute Gasteiger partial charge is 0.253 e. The Morgan fingerprint density at radius 3 is 2.55 bits per heavy atom. The van der Waals surface area contributed by atoms with E-state index >= 15 is 0 Å². The molecule has 0 aliphatic heterocycles. The lowest BCUT2D eigenvalue weighted by atomic mass is 9.95. The summed E-state index contributed by atoms with van der Waals surface area (Å²) in [6.07, 6.45) is 0.499. The van der Waals surface area contributed by atoms with Gasteiger partial charge in [0.2, 0.25) is 0 Å². The van der Waals surface area contributed by atoms with Crippen LogP contribution in [0.5, 0.6) is 0 Å². The maximum Gasteiger partial charge on any atom is 0.253 e. The monoisotopic (exact) mass is 319 g/mol. The summed E-state index contributed by atoms with van der Waals surface area (Å²) in [4.78, 5) is 13.9. The summed E-state index contributed by atoms with van der Waals surface area (Å²) in [5, 5.41) is 0.643. The Labute approximate surface area is 135 Å². The average molecular weight is 320 g/mol. The average Bonchev–Trinajstić information content (AvgIpc) is 2.51. The van der Waals surface area contributed by atoms with E-state index in [1.165, 1.54) is 12.1 Å². The summed E-state index contributed by atoms with van der Waals surface area (Å²) in [5.41, 5.74) is 2.90. The van der Waals surface area contributed by atoms with E-state index in [-0.39, 0.29) is 5.91 Å². The second-order valence-electron chi connectivity index (χ2n) is 5.32. The molecular weight excluding hydrogens is 301 g/mol. The van der Waals surface area contributed by atoms with Gasteiger partial charge in [0, 0.05) is 24.2 Å². The van der Waals surface area contributed by atoms with Crippen LogP contribution in [0.1, 0.15) is 34.0 Å². The molecular formula is C18H19ClFNO. The van der Waals surface area contributed by atoms with Gasteiger partial charge in [-0.25, -0.2) is 4.39 Å². The van der Waals surface area contributed by atoms with Gasteiger partial charge < -0.3 is 4.90 Å². The Bertz CT molecular complexity index is 699. The number of nitrogens with zero attached hydrogens (tertiary/aromatic N) is 1. The predicted octanol–water partition coefficient (Wildman–Crippen LogP) is 4.47. The van der Waals surface area contributed by atoms with Crippen LogP contribution in [0, 0.1) is 12.7 Å². The number of rotatable bonds is 4. The molecule has 2 aromatic rings. The first-order chi connectivity index (χ1) is 10.4. The molecule has 0 N–H and O–H groups in total. The molecule has 0 aliphatic rings. The number of benzene rings is 2. The van der Waals surface area contributed by atoms with Crippen molar-refractivity contribution in [1.29, 1.82) is 0 Å². The zero-order valence-electron chi connectivity index (χ0n) is 13.0. The molecule has 0 radical (unpaired) electrons. The minimum Gasteiger partial charge on any atom is -0.342 e. The molecule has 0 saturated heterocycles. The topological polar surface area (TPSA) is 20.3 Å². The van der Waals surface area contributed by atoms with Gasteiger partial charge in [0.1, 0.15) is 5.82 Å². The Morgan fingerprint density at radius 1 is 1.23 bits per heavy atom. The fourth-order valence-corrected chi connectivity index (χ4v) is 2.54. The second-order valence-corrected chi connectivity index (χ2v) is 5.73. The summed E-state index contributed by atoms with van der Waals surface area (Å²) in [6.45, 7) is 4.31. The van der Waals surface area contributed by atoms with Gasteiger partial charge >= 0.3 is 0 Å². The van der Waals surface area contributed by atoms with Crippen molar-refractivity contribution in [2.24, 2.45) is 0 Å². The normalized spacial score (nSPS) is 10.6. The summed E-state index contributed by atoms with van der Waals surface area (Å²) >= 11 is 6.17. The third kappa shape index (κ3) is 3.47. The molecule has 0 saturated carbocycles. The van der Waals surface area contributed by atoms with E-state index in [0.717, 1.165) is 16.7 Å². The van der Waals surface area contributed by atoms with Crippen LogP contribution in [-0.2, 0) is 6.42 Å². The van der Waals surface area contributed by atoms with Crippen molar-refractivity contribution in [2.45, 2.75) is 20.3 Å². The first-order valence-electron chi connectivity index (χ1n) is 7.22. The van der Waals surface area contributed by atoms with Gasteiger partial charge in [-0.2, -0.15) is 0 Å². The largest absolute Gasteiger partial charge is 0.342 e. The lowest BCUT2D eigenvalue weighted by Crippen LogP contribution is -2.27. The molecule has 0 bridgehead atoms. The van der Waals surface area contributed by atoms with Crippen LogP contribution in [0.3, 0.4) is 0 Å². The van der Waals surface area contributed by atoms with Crippen molar-refractivity contribution >= 4 is 17.5 Å². The highest BCUT2D eigenvalue weighted by Crippen LogP contribution is 2.24. The van der Waals surface area contributed by atoms with E-state index in [0.29, 0.717) is 23.6 Å². The Morgan fingerprint density at radius 2 is 1.91 bits per heavy atom. The van der Waals surface area contributed by atoms with Gasteiger partial charge in [-0.3, -0.25) is 4.79 Å². The van der Waals surface area contributed by atoms with Gasteiger partial charge in [-0.1, -0.05) is 29.8 Å². The van der Waals surface area contributed by atoms with Crippen LogP contribution >= 0.6 is 11.6 Å². The van der Waals surface area contributed by atoms with Crippen LogP contribution < -0.4 is 0 Å². The highest BCUT2D eigenvalue weighted by atomic mass is 35.5. The molecule has 2 nitrogen and oxygen atoms in total. The van der Waals surface area contributed by atoms with Gasteiger partial charge in [0.15, 0.2) is 0 Å². The van der Waals surface area contributed by atoms with Gasteiger partial charge in [-0.05, 0) is 55.2 Å². The summed E-state index contributed by atoms with van der Waals surface area (Å²) in [7, 11) is 1.71. The van der Waals surface area contributed by atoms with E-state index in [1.807, 2.05) is 38.1 Å². The SMILES string of the molecule is CCN(C)C(=O)c1cc(F)cc(Cc2ccccc2Cl)c1C. The molecule has 0 heterocycles. The minimum atomic E-state index is -0.402. The molecule has 0 unspecified atom stereocenters. The molecule has 0 fully saturated rings. The highest BCUT2D eigenvalue weighted by molar-refractivity contribution is 6.31. The third-order valence-corrected chi connectivity index (χ3v) is 4.24. The van der Waals surface area contributed by atoms with Crippen molar-refractivity contribution < 1.29 is 9.18 Å². The second kappa shape index (κ2) is 6.93. The Balaban J connectivity index is 2.43. The molecule has 1 amide bonds. The first-order valence-corrected chi connectivity index (χ1v) is 7.59. The Kier molecular flexibility index (Phi) is 5.19. The zero-order chi connectivity index (χ0) is 16.3.